The fourth-order valence-electron chi connectivity index (χ4n) is 3.17. The smallest absolute Gasteiger partial charge is 0.00289 e. The molecule has 0 amide bonds. The maximum atomic E-state index is 4.28. The highest BCUT2D eigenvalue weighted by Gasteiger charge is 2.12. The average molecular weight is 312 g/mol. The van der Waals surface area contributed by atoms with Crippen molar-refractivity contribution in [2.24, 2.45) is 0 Å². The summed E-state index contributed by atoms with van der Waals surface area (Å²) in [4.78, 5) is 0. The van der Waals surface area contributed by atoms with Crippen molar-refractivity contribution >= 4 is 5.57 Å². The fourth-order valence-corrected chi connectivity index (χ4v) is 3.17. The van der Waals surface area contributed by atoms with Gasteiger partial charge in [-0.25, -0.2) is 0 Å². The van der Waals surface area contributed by atoms with Gasteiger partial charge in [0.2, 0.25) is 0 Å². The molecular formula is C24H24. The lowest BCUT2D eigenvalue weighted by Crippen LogP contribution is -2.00. The molecule has 0 N–H and O–H groups in total. The number of hydrogen-bond acceptors (Lipinski definition) is 0. The van der Waals surface area contributed by atoms with Gasteiger partial charge in [-0.3, -0.25) is 0 Å². The lowest BCUT2D eigenvalue weighted by molar-refractivity contribution is 1.14. The van der Waals surface area contributed by atoms with Crippen LogP contribution in [-0.2, 0) is 12.8 Å². The second-order valence-electron chi connectivity index (χ2n) is 6.53. The van der Waals surface area contributed by atoms with Gasteiger partial charge in [-0.15, -0.1) is 0 Å². The molecule has 1 aliphatic rings. The topological polar surface area (TPSA) is 0 Å². The van der Waals surface area contributed by atoms with Gasteiger partial charge >= 0.3 is 0 Å². The molecule has 120 valence electrons. The second kappa shape index (κ2) is 6.88. The fraction of sp³-hybridized carbons (Fsp3) is 0.167. The molecule has 3 rings (SSSR count). The number of aryl methyl sites for hydroxylation is 1. The van der Waals surface area contributed by atoms with Gasteiger partial charge in [0, 0.05) is 0 Å². The maximum absolute atomic E-state index is 4.28. The molecule has 0 unspecified atom stereocenters. The van der Waals surface area contributed by atoms with Crippen molar-refractivity contribution < 1.29 is 0 Å². The minimum absolute atomic E-state index is 0.889. The van der Waals surface area contributed by atoms with Crippen LogP contribution in [0.25, 0.3) is 5.57 Å². The summed E-state index contributed by atoms with van der Waals surface area (Å²) in [6.45, 7) is 12.8. The van der Waals surface area contributed by atoms with E-state index in [9.17, 15) is 0 Å². The summed E-state index contributed by atoms with van der Waals surface area (Å²) in [7, 11) is 0. The molecule has 0 heterocycles. The Morgan fingerprint density at radius 3 is 2.71 bits per heavy atom. The number of allylic oxidation sites excluding steroid dienone is 6. The molecule has 0 atom stereocenters. The standard InChI is InChI=1S/C24H24/c1-17(16-23-10-7-8-18(2)19(23)3)12-13-21-14-15-22-9-5-6-11-24(22)20(21)4/h5-14H,1,4,15-16H2,2-3H3/b13-12+. The zero-order chi connectivity index (χ0) is 17.1. The van der Waals surface area contributed by atoms with Crippen LogP contribution >= 0.6 is 0 Å². The van der Waals surface area contributed by atoms with Crippen LogP contribution < -0.4 is 0 Å². The molecule has 0 spiro atoms. The maximum Gasteiger partial charge on any atom is -0.00289 e. The first-order valence-corrected chi connectivity index (χ1v) is 8.45. The first-order valence-electron chi connectivity index (χ1n) is 8.45. The predicted octanol–water partition coefficient (Wildman–Crippen LogP) is 6.15. The molecule has 1 aliphatic carbocycles. The highest BCUT2D eigenvalue weighted by molar-refractivity contribution is 5.83. The van der Waals surface area contributed by atoms with Crippen LogP contribution in [0.3, 0.4) is 0 Å². The Balaban J connectivity index is 1.72. The zero-order valence-corrected chi connectivity index (χ0v) is 14.6. The Bertz CT molecular complexity index is 859. The van der Waals surface area contributed by atoms with Gasteiger partial charge in [-0.2, -0.15) is 0 Å². The average Bonchev–Trinajstić information content (AvgIpc) is 2.59. The molecule has 2 aromatic rings. The van der Waals surface area contributed by atoms with Crippen molar-refractivity contribution in [2.45, 2.75) is 26.7 Å². The SMILES string of the molecule is C=C(/C=C/C1=CCc2ccccc2C1=C)Cc1cccc(C)c1C. The minimum Gasteiger partial charge on any atom is -0.0955 e. The molecule has 0 aromatic heterocycles. The summed E-state index contributed by atoms with van der Waals surface area (Å²) >= 11 is 0. The van der Waals surface area contributed by atoms with Gasteiger partial charge in [0.25, 0.3) is 0 Å². The summed E-state index contributed by atoms with van der Waals surface area (Å²) in [6, 6.07) is 15.0. The number of hydrogen-bond donors (Lipinski definition) is 0. The van der Waals surface area contributed by atoms with E-state index >= 15 is 0 Å². The summed E-state index contributed by atoms with van der Waals surface area (Å²) < 4.78 is 0. The highest BCUT2D eigenvalue weighted by atomic mass is 14.2. The Labute approximate surface area is 145 Å². The van der Waals surface area contributed by atoms with Crippen molar-refractivity contribution in [1.82, 2.24) is 0 Å². The van der Waals surface area contributed by atoms with E-state index in [1.165, 1.54) is 33.4 Å². The van der Waals surface area contributed by atoms with Crippen molar-refractivity contribution in [3.8, 4) is 0 Å². The van der Waals surface area contributed by atoms with Crippen LogP contribution in [0.5, 0.6) is 0 Å². The van der Waals surface area contributed by atoms with Gasteiger partial charge in [0.1, 0.15) is 0 Å². The van der Waals surface area contributed by atoms with Gasteiger partial charge < -0.3 is 0 Å². The molecule has 0 aliphatic heterocycles. The molecule has 2 aromatic carbocycles. The van der Waals surface area contributed by atoms with Crippen LogP contribution in [0.15, 0.2) is 85.0 Å². The van der Waals surface area contributed by atoms with E-state index in [2.05, 4.69) is 87.7 Å². The molecule has 0 bridgehead atoms. The zero-order valence-electron chi connectivity index (χ0n) is 14.6. The molecule has 0 radical (unpaired) electrons. The van der Waals surface area contributed by atoms with E-state index in [-0.39, 0.29) is 0 Å². The summed E-state index contributed by atoms with van der Waals surface area (Å²) in [6.07, 6.45) is 8.41. The summed E-state index contributed by atoms with van der Waals surface area (Å²) in [5.41, 5.74) is 10.1. The van der Waals surface area contributed by atoms with Crippen molar-refractivity contribution in [3.63, 3.8) is 0 Å². The Kier molecular flexibility index (Phi) is 4.66. The van der Waals surface area contributed by atoms with Crippen LogP contribution in [0.1, 0.15) is 27.8 Å². The van der Waals surface area contributed by atoms with Crippen LogP contribution in [0, 0.1) is 13.8 Å². The van der Waals surface area contributed by atoms with E-state index in [4.69, 9.17) is 0 Å². The predicted molar refractivity (Wildman–Crippen MR) is 105 cm³/mol. The third-order valence-corrected chi connectivity index (χ3v) is 4.87. The molecule has 0 heteroatoms. The monoisotopic (exact) mass is 312 g/mol. The third-order valence-electron chi connectivity index (χ3n) is 4.87. The van der Waals surface area contributed by atoms with Crippen molar-refractivity contribution in [3.05, 3.63) is 113 Å². The van der Waals surface area contributed by atoms with E-state index in [1.54, 1.807) is 0 Å². The number of benzene rings is 2. The summed E-state index contributed by atoms with van der Waals surface area (Å²) in [5.74, 6) is 0. The lowest BCUT2D eigenvalue weighted by Gasteiger charge is -2.17. The highest BCUT2D eigenvalue weighted by Crippen LogP contribution is 2.31. The second-order valence-corrected chi connectivity index (χ2v) is 6.53. The Morgan fingerprint density at radius 2 is 1.88 bits per heavy atom. The molecule has 24 heavy (non-hydrogen) atoms. The number of fused-ring (bicyclic) bond motifs is 1. The van der Waals surface area contributed by atoms with Crippen molar-refractivity contribution in [2.75, 3.05) is 0 Å². The van der Waals surface area contributed by atoms with Gasteiger partial charge in [-0.1, -0.05) is 79.4 Å². The minimum atomic E-state index is 0.889. The molecule has 0 saturated heterocycles. The normalized spacial score (nSPS) is 13.8. The molecular weight excluding hydrogens is 288 g/mol. The largest absolute Gasteiger partial charge is 0.0955 e. The third kappa shape index (κ3) is 3.33. The van der Waals surface area contributed by atoms with Gasteiger partial charge in [0.15, 0.2) is 0 Å². The van der Waals surface area contributed by atoms with Gasteiger partial charge in [-0.05, 0) is 65.7 Å². The van der Waals surface area contributed by atoms with Gasteiger partial charge in [0.05, 0.1) is 0 Å². The first kappa shape index (κ1) is 16.3. The lowest BCUT2D eigenvalue weighted by atomic mass is 9.87. The Morgan fingerprint density at radius 1 is 1.08 bits per heavy atom. The quantitative estimate of drug-likeness (QED) is 0.594. The van der Waals surface area contributed by atoms with Crippen molar-refractivity contribution in [1.29, 1.82) is 0 Å². The molecule has 0 saturated carbocycles. The van der Waals surface area contributed by atoms with E-state index in [1.807, 2.05) is 0 Å². The van der Waals surface area contributed by atoms with Crippen LogP contribution in [0.4, 0.5) is 0 Å². The van der Waals surface area contributed by atoms with E-state index in [0.29, 0.717) is 0 Å². The van der Waals surface area contributed by atoms with E-state index in [0.717, 1.165) is 24.0 Å². The Hall–Kier alpha value is -2.60. The first-order chi connectivity index (χ1) is 11.6. The number of rotatable bonds is 4. The van der Waals surface area contributed by atoms with Crippen LogP contribution in [-0.4, -0.2) is 0 Å². The van der Waals surface area contributed by atoms with E-state index < -0.39 is 0 Å². The van der Waals surface area contributed by atoms with Crippen LogP contribution in [0.2, 0.25) is 0 Å². The molecule has 0 fully saturated rings. The summed E-state index contributed by atoms with van der Waals surface area (Å²) in [5, 5.41) is 0. The molecule has 0 nitrogen and oxygen atoms in total.